The Labute approximate surface area is 208 Å². The Bertz CT molecular complexity index is 1320. The molecule has 0 bridgehead atoms. The molecule has 5 nitrogen and oxygen atoms in total. The van der Waals surface area contributed by atoms with Gasteiger partial charge in [-0.25, -0.2) is 4.98 Å². The van der Waals surface area contributed by atoms with Gasteiger partial charge in [0.05, 0.1) is 23.7 Å². The van der Waals surface area contributed by atoms with Crippen molar-refractivity contribution in [2.75, 3.05) is 6.61 Å². The molecule has 0 aliphatic carbocycles. The van der Waals surface area contributed by atoms with Crippen LogP contribution in [0.2, 0.25) is 0 Å². The van der Waals surface area contributed by atoms with Crippen LogP contribution in [0.15, 0.2) is 66.7 Å². The number of aryl methyl sites for hydroxylation is 3. The molecule has 0 aliphatic heterocycles. The number of carbonyl (C=O) groups excluding carboxylic acids is 1. The Hall–Kier alpha value is -3.60. The molecule has 0 saturated carbocycles. The molecule has 1 heterocycles. The Morgan fingerprint density at radius 1 is 0.971 bits per heavy atom. The summed E-state index contributed by atoms with van der Waals surface area (Å²) < 4.78 is 8.43. The highest BCUT2D eigenvalue weighted by atomic mass is 16.5. The quantitative estimate of drug-likeness (QED) is 0.276. The zero-order chi connectivity index (χ0) is 24.9. The van der Waals surface area contributed by atoms with Gasteiger partial charge in [0, 0.05) is 12.1 Å². The molecule has 0 radical (unpaired) electrons. The van der Waals surface area contributed by atoms with Gasteiger partial charge in [-0.2, -0.15) is 0 Å². The summed E-state index contributed by atoms with van der Waals surface area (Å²) in [7, 11) is 0. The standard InChI is InChI=1S/C30H35N3O2/c1-20(2)25-15-14-22(4)19-28(25)35-17-9-16-33-27-13-7-6-12-26(27)32-29(33)23(5)31-30(34)24-11-8-10-21(3)18-24/h6-8,10-15,18-20,23H,9,16-17H2,1-5H3,(H,31,34). The van der Waals surface area contributed by atoms with Crippen LogP contribution in [-0.2, 0) is 6.54 Å². The van der Waals surface area contributed by atoms with Gasteiger partial charge in [0.1, 0.15) is 11.6 Å². The van der Waals surface area contributed by atoms with E-state index in [0.717, 1.165) is 41.1 Å². The van der Waals surface area contributed by atoms with E-state index in [4.69, 9.17) is 9.72 Å². The van der Waals surface area contributed by atoms with Crippen molar-refractivity contribution in [2.45, 2.75) is 59.5 Å². The number of rotatable bonds is 9. The van der Waals surface area contributed by atoms with Crippen molar-refractivity contribution in [1.82, 2.24) is 14.9 Å². The maximum absolute atomic E-state index is 12.9. The summed E-state index contributed by atoms with van der Waals surface area (Å²) in [6.45, 7) is 11.8. The minimum atomic E-state index is -0.236. The second kappa shape index (κ2) is 10.8. The number of carbonyl (C=O) groups is 1. The molecule has 0 spiro atoms. The largest absolute Gasteiger partial charge is 0.493 e. The highest BCUT2D eigenvalue weighted by molar-refractivity contribution is 5.94. The predicted molar refractivity (Wildman–Crippen MR) is 142 cm³/mol. The van der Waals surface area contributed by atoms with Crippen molar-refractivity contribution in [1.29, 1.82) is 0 Å². The van der Waals surface area contributed by atoms with Crippen molar-refractivity contribution in [2.24, 2.45) is 0 Å². The second-order valence-corrected chi connectivity index (χ2v) is 9.57. The minimum absolute atomic E-state index is 0.0937. The van der Waals surface area contributed by atoms with E-state index in [1.807, 2.05) is 56.3 Å². The minimum Gasteiger partial charge on any atom is -0.493 e. The molecule has 1 amide bonds. The van der Waals surface area contributed by atoms with Crippen LogP contribution in [-0.4, -0.2) is 22.1 Å². The van der Waals surface area contributed by atoms with Crippen molar-refractivity contribution < 1.29 is 9.53 Å². The van der Waals surface area contributed by atoms with E-state index in [9.17, 15) is 4.79 Å². The highest BCUT2D eigenvalue weighted by Gasteiger charge is 2.19. The Morgan fingerprint density at radius 3 is 2.51 bits per heavy atom. The number of benzene rings is 3. The topological polar surface area (TPSA) is 56.2 Å². The van der Waals surface area contributed by atoms with Crippen LogP contribution in [0.5, 0.6) is 5.75 Å². The lowest BCUT2D eigenvalue weighted by molar-refractivity contribution is 0.0937. The summed E-state index contributed by atoms with van der Waals surface area (Å²) in [6, 6.07) is 21.9. The van der Waals surface area contributed by atoms with E-state index in [-0.39, 0.29) is 11.9 Å². The molecular weight excluding hydrogens is 434 g/mol. The number of para-hydroxylation sites is 2. The fourth-order valence-electron chi connectivity index (χ4n) is 4.44. The first-order valence-corrected chi connectivity index (χ1v) is 12.4. The van der Waals surface area contributed by atoms with Crippen LogP contribution >= 0.6 is 0 Å². The fraction of sp³-hybridized carbons (Fsp3) is 0.333. The zero-order valence-electron chi connectivity index (χ0n) is 21.3. The van der Waals surface area contributed by atoms with Gasteiger partial charge in [-0.15, -0.1) is 0 Å². The van der Waals surface area contributed by atoms with Gasteiger partial charge in [-0.3, -0.25) is 4.79 Å². The number of imidazole rings is 1. The third-order valence-corrected chi connectivity index (χ3v) is 6.27. The van der Waals surface area contributed by atoms with E-state index >= 15 is 0 Å². The molecule has 4 rings (SSSR count). The van der Waals surface area contributed by atoms with Gasteiger partial charge in [-0.1, -0.05) is 55.8 Å². The molecule has 1 aromatic heterocycles. The van der Waals surface area contributed by atoms with E-state index in [0.29, 0.717) is 18.1 Å². The second-order valence-electron chi connectivity index (χ2n) is 9.57. The molecular formula is C30H35N3O2. The van der Waals surface area contributed by atoms with Crippen molar-refractivity contribution in [3.8, 4) is 5.75 Å². The molecule has 3 aromatic carbocycles. The van der Waals surface area contributed by atoms with Crippen LogP contribution < -0.4 is 10.1 Å². The van der Waals surface area contributed by atoms with E-state index < -0.39 is 0 Å². The average molecular weight is 470 g/mol. The molecule has 0 fully saturated rings. The maximum Gasteiger partial charge on any atom is 0.251 e. The molecule has 182 valence electrons. The molecule has 1 atom stereocenters. The summed E-state index contributed by atoms with van der Waals surface area (Å²) in [6.07, 6.45) is 0.831. The third-order valence-electron chi connectivity index (χ3n) is 6.27. The molecule has 0 saturated heterocycles. The van der Waals surface area contributed by atoms with Crippen LogP contribution in [0.3, 0.4) is 0 Å². The van der Waals surface area contributed by atoms with Crippen LogP contribution in [0, 0.1) is 13.8 Å². The SMILES string of the molecule is Cc1cccc(C(=O)NC(C)c2nc3ccccc3n2CCCOc2cc(C)ccc2C(C)C)c1. The van der Waals surface area contributed by atoms with Crippen LogP contribution in [0.4, 0.5) is 0 Å². The molecule has 1 N–H and O–H groups in total. The average Bonchev–Trinajstić information content (AvgIpc) is 3.20. The van der Waals surface area contributed by atoms with Crippen molar-refractivity contribution in [3.05, 3.63) is 94.8 Å². The van der Waals surface area contributed by atoms with E-state index in [1.165, 1.54) is 11.1 Å². The summed E-state index contributed by atoms with van der Waals surface area (Å²) in [5.41, 5.74) is 6.15. The van der Waals surface area contributed by atoms with Crippen molar-refractivity contribution in [3.63, 3.8) is 0 Å². The first-order chi connectivity index (χ1) is 16.8. The normalized spacial score (nSPS) is 12.2. The smallest absolute Gasteiger partial charge is 0.251 e. The van der Waals surface area contributed by atoms with Gasteiger partial charge in [0.25, 0.3) is 5.91 Å². The van der Waals surface area contributed by atoms with Gasteiger partial charge >= 0.3 is 0 Å². The number of hydrogen-bond acceptors (Lipinski definition) is 3. The molecule has 4 aromatic rings. The summed E-state index contributed by atoms with van der Waals surface area (Å²) in [5, 5.41) is 3.13. The highest BCUT2D eigenvalue weighted by Crippen LogP contribution is 2.28. The zero-order valence-corrected chi connectivity index (χ0v) is 21.3. The summed E-state index contributed by atoms with van der Waals surface area (Å²) >= 11 is 0. The number of hydrogen-bond donors (Lipinski definition) is 1. The van der Waals surface area contributed by atoms with Gasteiger partial charge in [-0.05, 0) is 74.6 Å². The molecule has 1 unspecified atom stereocenters. The van der Waals surface area contributed by atoms with Crippen LogP contribution in [0.1, 0.15) is 72.0 Å². The molecule has 5 heteroatoms. The lowest BCUT2D eigenvalue weighted by Crippen LogP contribution is -2.29. The molecule has 35 heavy (non-hydrogen) atoms. The number of nitrogens with zero attached hydrogens (tertiary/aromatic N) is 2. The van der Waals surface area contributed by atoms with Gasteiger partial charge < -0.3 is 14.6 Å². The van der Waals surface area contributed by atoms with Crippen molar-refractivity contribution >= 4 is 16.9 Å². The lowest BCUT2D eigenvalue weighted by atomic mass is 10.0. The summed E-state index contributed by atoms with van der Waals surface area (Å²) in [4.78, 5) is 17.7. The Kier molecular flexibility index (Phi) is 7.54. The van der Waals surface area contributed by atoms with Gasteiger partial charge in [0.2, 0.25) is 0 Å². The number of ether oxygens (including phenoxy) is 1. The van der Waals surface area contributed by atoms with E-state index in [1.54, 1.807) is 0 Å². The monoisotopic (exact) mass is 469 g/mol. The fourth-order valence-corrected chi connectivity index (χ4v) is 4.44. The molecule has 0 aliphatic rings. The first kappa shape index (κ1) is 24.5. The lowest BCUT2D eigenvalue weighted by Gasteiger charge is -2.18. The third kappa shape index (κ3) is 5.73. The van der Waals surface area contributed by atoms with Crippen LogP contribution in [0.25, 0.3) is 11.0 Å². The first-order valence-electron chi connectivity index (χ1n) is 12.4. The Morgan fingerprint density at radius 2 is 1.74 bits per heavy atom. The number of nitrogens with one attached hydrogen (secondary N) is 1. The maximum atomic E-state index is 12.9. The number of fused-ring (bicyclic) bond motifs is 1. The number of aromatic nitrogens is 2. The summed E-state index contributed by atoms with van der Waals surface area (Å²) in [5.74, 6) is 2.14. The van der Waals surface area contributed by atoms with E-state index in [2.05, 4.69) is 54.9 Å². The van der Waals surface area contributed by atoms with Gasteiger partial charge in [0.15, 0.2) is 0 Å². The Balaban J connectivity index is 1.49. The predicted octanol–water partition coefficient (Wildman–Crippen LogP) is 6.74. The number of amides is 1.